The number of ether oxygens (including phenoxy) is 1. The average molecular weight is 484 g/mol. The summed E-state index contributed by atoms with van der Waals surface area (Å²) in [6.45, 7) is 3.29. The van der Waals surface area contributed by atoms with E-state index in [1.165, 1.54) is 31.2 Å². The van der Waals surface area contributed by atoms with Gasteiger partial charge in [0.05, 0.1) is 17.0 Å². The zero-order chi connectivity index (χ0) is 23.7. The van der Waals surface area contributed by atoms with Gasteiger partial charge in [0.25, 0.3) is 0 Å². The minimum Gasteiger partial charge on any atom is -0.489 e. The first kappa shape index (κ1) is 23.9. The van der Waals surface area contributed by atoms with Crippen molar-refractivity contribution in [1.82, 2.24) is 4.90 Å². The zero-order valence-electron chi connectivity index (χ0n) is 20.3. The second kappa shape index (κ2) is 10.5. The molecular weight excluding hydrogens is 446 g/mol. The fraction of sp³-hybridized carbons (Fsp3) is 0.621. The van der Waals surface area contributed by atoms with Crippen molar-refractivity contribution in [3.05, 3.63) is 40.9 Å². The van der Waals surface area contributed by atoms with Crippen LogP contribution in [-0.4, -0.2) is 40.7 Å². The molecule has 3 aliphatic rings. The van der Waals surface area contributed by atoms with Crippen LogP contribution >= 0.6 is 11.6 Å². The van der Waals surface area contributed by atoms with Gasteiger partial charge in [-0.25, -0.2) is 0 Å². The molecule has 0 radical (unpaired) electrons. The van der Waals surface area contributed by atoms with Gasteiger partial charge in [-0.15, -0.1) is 0 Å². The number of piperidine rings is 2. The molecule has 5 heteroatoms. The average Bonchev–Trinajstić information content (AvgIpc) is 2.84. The summed E-state index contributed by atoms with van der Waals surface area (Å²) in [6, 6.07) is 11.6. The standard InChI is InChI=1S/C29H38ClNO3/c1-2-19-6-10-25(11-7-19)34-27-13-9-21-16-20(8-12-26(21)28(27)30)14-15-31-23-4-3-5-24(31)18-22(17-23)29(32)33/h8-9,12-13,16,19,22-25H,2-7,10-11,14-15,17-18H2,1H3,(H,32,33)/t19-,22?,23?,24?,25+. The van der Waals surface area contributed by atoms with Crippen LogP contribution in [0.4, 0.5) is 0 Å². The quantitative estimate of drug-likeness (QED) is 0.456. The zero-order valence-corrected chi connectivity index (χ0v) is 21.1. The Balaban J connectivity index is 1.23. The minimum atomic E-state index is -0.611. The van der Waals surface area contributed by atoms with Gasteiger partial charge in [-0.2, -0.15) is 0 Å². The number of halogens is 1. The van der Waals surface area contributed by atoms with E-state index in [1.54, 1.807) is 0 Å². The lowest BCUT2D eigenvalue weighted by Gasteiger charge is -2.48. The summed E-state index contributed by atoms with van der Waals surface area (Å²) in [5, 5.41) is 12.5. The predicted octanol–water partition coefficient (Wildman–Crippen LogP) is 7.10. The van der Waals surface area contributed by atoms with Crippen LogP contribution in [0.2, 0.25) is 5.02 Å². The topological polar surface area (TPSA) is 49.8 Å². The molecule has 2 atom stereocenters. The molecule has 0 spiro atoms. The number of carbonyl (C=O) groups is 1. The molecule has 34 heavy (non-hydrogen) atoms. The van der Waals surface area contributed by atoms with Crippen molar-refractivity contribution in [3.63, 3.8) is 0 Å². The Bertz CT molecular complexity index is 1000. The van der Waals surface area contributed by atoms with Crippen LogP contribution in [0.3, 0.4) is 0 Å². The molecule has 2 unspecified atom stereocenters. The van der Waals surface area contributed by atoms with E-state index in [0.717, 1.165) is 79.0 Å². The second-order valence-electron chi connectivity index (χ2n) is 10.8. The Morgan fingerprint density at radius 3 is 2.47 bits per heavy atom. The molecule has 5 rings (SSSR count). The molecule has 2 aromatic carbocycles. The van der Waals surface area contributed by atoms with E-state index >= 15 is 0 Å². The smallest absolute Gasteiger partial charge is 0.306 e. The summed E-state index contributed by atoms with van der Waals surface area (Å²) in [5.41, 5.74) is 1.31. The fourth-order valence-electron chi connectivity index (χ4n) is 6.71. The first-order valence-electron chi connectivity index (χ1n) is 13.4. The summed E-state index contributed by atoms with van der Waals surface area (Å²) >= 11 is 6.79. The summed E-state index contributed by atoms with van der Waals surface area (Å²) in [4.78, 5) is 14.1. The van der Waals surface area contributed by atoms with E-state index in [0.29, 0.717) is 12.1 Å². The Labute approximate surface area is 208 Å². The molecule has 184 valence electrons. The first-order chi connectivity index (χ1) is 16.5. The lowest BCUT2D eigenvalue weighted by Crippen LogP contribution is -2.53. The summed E-state index contributed by atoms with van der Waals surface area (Å²) in [6.07, 6.45) is 12.4. The van der Waals surface area contributed by atoms with E-state index in [-0.39, 0.29) is 12.0 Å². The number of carboxylic acids is 1. The van der Waals surface area contributed by atoms with Crippen LogP contribution < -0.4 is 4.74 Å². The van der Waals surface area contributed by atoms with Crippen LogP contribution in [0.1, 0.15) is 76.7 Å². The summed E-state index contributed by atoms with van der Waals surface area (Å²) < 4.78 is 6.33. The van der Waals surface area contributed by atoms with Gasteiger partial charge in [-0.05, 0) is 80.7 Å². The molecule has 1 saturated carbocycles. The third kappa shape index (κ3) is 5.09. The van der Waals surface area contributed by atoms with Crippen molar-refractivity contribution in [3.8, 4) is 5.75 Å². The van der Waals surface area contributed by atoms with Crippen LogP contribution in [0.15, 0.2) is 30.3 Å². The number of aliphatic carboxylic acids is 1. The highest BCUT2D eigenvalue weighted by Gasteiger charge is 2.40. The Hall–Kier alpha value is -1.78. The Morgan fingerprint density at radius 1 is 1.06 bits per heavy atom. The van der Waals surface area contributed by atoms with Crippen LogP contribution in [0, 0.1) is 11.8 Å². The number of carboxylic acid groups (broad SMARTS) is 1. The minimum absolute atomic E-state index is 0.160. The number of hydrogen-bond donors (Lipinski definition) is 1. The van der Waals surface area contributed by atoms with Gasteiger partial charge in [-0.1, -0.05) is 55.6 Å². The molecule has 0 amide bonds. The van der Waals surface area contributed by atoms with E-state index < -0.39 is 5.97 Å². The number of rotatable bonds is 7. The third-order valence-electron chi connectivity index (χ3n) is 8.78. The lowest BCUT2D eigenvalue weighted by atomic mass is 9.78. The Kier molecular flexibility index (Phi) is 7.36. The molecule has 2 heterocycles. The van der Waals surface area contributed by atoms with Crippen molar-refractivity contribution in [2.75, 3.05) is 6.54 Å². The number of hydrogen-bond acceptors (Lipinski definition) is 3. The normalized spacial score (nSPS) is 29.8. The molecule has 2 aromatic rings. The van der Waals surface area contributed by atoms with Crippen molar-refractivity contribution >= 4 is 28.3 Å². The summed E-state index contributed by atoms with van der Waals surface area (Å²) in [5.74, 6) is 0.900. The maximum absolute atomic E-state index is 11.5. The van der Waals surface area contributed by atoms with Gasteiger partial charge < -0.3 is 9.84 Å². The number of fused-ring (bicyclic) bond motifs is 3. The molecule has 2 saturated heterocycles. The molecule has 4 nitrogen and oxygen atoms in total. The Morgan fingerprint density at radius 2 is 1.79 bits per heavy atom. The maximum atomic E-state index is 11.5. The van der Waals surface area contributed by atoms with E-state index in [1.807, 2.05) is 6.07 Å². The highest BCUT2D eigenvalue weighted by molar-refractivity contribution is 6.37. The molecular formula is C29H38ClNO3. The molecule has 3 fully saturated rings. The number of benzene rings is 2. The van der Waals surface area contributed by atoms with Crippen LogP contribution in [0.25, 0.3) is 10.8 Å². The van der Waals surface area contributed by atoms with Crippen LogP contribution in [-0.2, 0) is 11.2 Å². The van der Waals surface area contributed by atoms with Gasteiger partial charge in [-0.3, -0.25) is 9.69 Å². The summed E-state index contributed by atoms with van der Waals surface area (Å²) in [7, 11) is 0. The second-order valence-corrected chi connectivity index (χ2v) is 11.2. The van der Waals surface area contributed by atoms with Crippen molar-refractivity contribution in [2.24, 2.45) is 11.8 Å². The van der Waals surface area contributed by atoms with Gasteiger partial charge >= 0.3 is 5.97 Å². The van der Waals surface area contributed by atoms with Gasteiger partial charge in [0.1, 0.15) is 5.75 Å². The van der Waals surface area contributed by atoms with E-state index in [2.05, 4.69) is 36.1 Å². The third-order valence-corrected chi connectivity index (χ3v) is 9.17. The van der Waals surface area contributed by atoms with E-state index in [4.69, 9.17) is 16.3 Å². The SMILES string of the molecule is CC[C@H]1CC[C@@H](Oc2ccc3cc(CCN4C5CCCC4CC(C(=O)O)C5)ccc3c2Cl)CC1. The molecule has 2 bridgehead atoms. The number of nitrogens with zero attached hydrogens (tertiary/aromatic N) is 1. The van der Waals surface area contributed by atoms with Gasteiger partial charge in [0, 0.05) is 24.0 Å². The first-order valence-corrected chi connectivity index (χ1v) is 13.8. The largest absolute Gasteiger partial charge is 0.489 e. The molecule has 1 aliphatic carbocycles. The van der Waals surface area contributed by atoms with E-state index in [9.17, 15) is 9.90 Å². The highest BCUT2D eigenvalue weighted by atomic mass is 35.5. The fourth-order valence-corrected chi connectivity index (χ4v) is 6.99. The molecule has 1 N–H and O–H groups in total. The van der Waals surface area contributed by atoms with Gasteiger partial charge in [0.2, 0.25) is 0 Å². The van der Waals surface area contributed by atoms with Crippen molar-refractivity contribution in [1.29, 1.82) is 0 Å². The maximum Gasteiger partial charge on any atom is 0.306 e. The van der Waals surface area contributed by atoms with Crippen LogP contribution in [0.5, 0.6) is 5.75 Å². The van der Waals surface area contributed by atoms with Crippen molar-refractivity contribution < 1.29 is 14.6 Å². The molecule has 2 aliphatic heterocycles. The molecule has 0 aromatic heterocycles. The van der Waals surface area contributed by atoms with Gasteiger partial charge in [0.15, 0.2) is 0 Å². The lowest BCUT2D eigenvalue weighted by molar-refractivity contribution is -0.146. The van der Waals surface area contributed by atoms with Crippen molar-refractivity contribution in [2.45, 2.75) is 95.7 Å². The monoisotopic (exact) mass is 483 g/mol. The predicted molar refractivity (Wildman–Crippen MR) is 138 cm³/mol. The highest BCUT2D eigenvalue weighted by Crippen LogP contribution is 2.38.